The number of benzene rings is 2. The minimum absolute atomic E-state index is 0.173. The maximum Gasteiger partial charge on any atom is 0.236 e. The van der Waals surface area contributed by atoms with Crippen LogP contribution in [0, 0.1) is 0 Å². The monoisotopic (exact) mass is 300 g/mol. The van der Waals surface area contributed by atoms with E-state index in [1.165, 1.54) is 6.08 Å². The highest BCUT2D eigenvalue weighted by atomic mass is 35.7. The van der Waals surface area contributed by atoms with Crippen molar-refractivity contribution < 1.29 is 8.42 Å². The van der Waals surface area contributed by atoms with Crippen LogP contribution < -0.4 is 0 Å². The molecule has 5 heteroatoms. The lowest BCUT2D eigenvalue weighted by atomic mass is 10.1. The van der Waals surface area contributed by atoms with Gasteiger partial charge in [0.05, 0.1) is 5.75 Å². The van der Waals surface area contributed by atoms with Crippen LogP contribution in [0.15, 0.2) is 42.5 Å². The number of fused-ring (bicyclic) bond motifs is 1. The van der Waals surface area contributed by atoms with Gasteiger partial charge in [-0.05, 0) is 34.5 Å². The van der Waals surface area contributed by atoms with Gasteiger partial charge in [-0.3, -0.25) is 0 Å². The fraction of sp³-hybridized carbons (Fsp3) is 0.0769. The Bertz CT molecular complexity index is 706. The molecule has 0 bridgehead atoms. The number of rotatable bonds is 3. The van der Waals surface area contributed by atoms with Crippen molar-refractivity contribution in [1.82, 2.24) is 0 Å². The van der Waals surface area contributed by atoms with Crippen molar-refractivity contribution in [3.63, 3.8) is 0 Å². The Morgan fingerprint density at radius 2 is 1.72 bits per heavy atom. The summed E-state index contributed by atoms with van der Waals surface area (Å²) in [6.07, 6.45) is 3.26. The highest BCUT2D eigenvalue weighted by molar-refractivity contribution is 8.13. The minimum atomic E-state index is -3.47. The standard InChI is InChI=1S/C13H10Cl2O2S/c14-13-6-5-11-8-10(3-4-12(11)9-13)2-1-7-18(15,16)17/h1-6,8-9H,7H2. The smallest absolute Gasteiger partial charge is 0.212 e. The van der Waals surface area contributed by atoms with E-state index < -0.39 is 9.05 Å². The van der Waals surface area contributed by atoms with Crippen molar-refractivity contribution in [1.29, 1.82) is 0 Å². The van der Waals surface area contributed by atoms with Gasteiger partial charge in [0.25, 0.3) is 0 Å². The molecule has 0 saturated carbocycles. The zero-order valence-electron chi connectivity index (χ0n) is 9.31. The lowest BCUT2D eigenvalue weighted by Gasteiger charge is -2.00. The van der Waals surface area contributed by atoms with Crippen molar-refractivity contribution in [2.75, 3.05) is 5.75 Å². The molecule has 0 N–H and O–H groups in total. The quantitative estimate of drug-likeness (QED) is 0.801. The van der Waals surface area contributed by atoms with E-state index in [9.17, 15) is 8.42 Å². The summed E-state index contributed by atoms with van der Waals surface area (Å²) in [7, 11) is 1.64. The molecule has 0 amide bonds. The summed E-state index contributed by atoms with van der Waals surface area (Å²) in [5.74, 6) is -0.173. The first-order chi connectivity index (χ1) is 8.44. The molecule has 0 unspecified atom stereocenters. The summed E-state index contributed by atoms with van der Waals surface area (Å²) in [6, 6.07) is 11.4. The Morgan fingerprint density at radius 1 is 1.06 bits per heavy atom. The molecule has 0 heterocycles. The fourth-order valence-electron chi connectivity index (χ4n) is 1.64. The molecule has 0 fully saturated rings. The van der Waals surface area contributed by atoms with Crippen LogP contribution in [-0.4, -0.2) is 14.2 Å². The Morgan fingerprint density at radius 3 is 2.44 bits per heavy atom. The van der Waals surface area contributed by atoms with Gasteiger partial charge in [0.1, 0.15) is 0 Å². The van der Waals surface area contributed by atoms with Gasteiger partial charge in [-0.15, -0.1) is 0 Å². The van der Waals surface area contributed by atoms with E-state index in [1.54, 1.807) is 6.08 Å². The van der Waals surface area contributed by atoms with Crippen LogP contribution in [0.1, 0.15) is 5.56 Å². The molecule has 2 aromatic rings. The highest BCUT2D eigenvalue weighted by Gasteiger charge is 2.00. The van der Waals surface area contributed by atoms with Gasteiger partial charge in [-0.25, -0.2) is 8.42 Å². The van der Waals surface area contributed by atoms with Crippen LogP contribution in [0.2, 0.25) is 5.02 Å². The van der Waals surface area contributed by atoms with Crippen LogP contribution in [0.3, 0.4) is 0 Å². The van der Waals surface area contributed by atoms with E-state index in [-0.39, 0.29) is 5.75 Å². The van der Waals surface area contributed by atoms with Crippen LogP contribution in [-0.2, 0) is 9.05 Å². The predicted molar refractivity (Wildman–Crippen MR) is 77.6 cm³/mol. The summed E-state index contributed by atoms with van der Waals surface area (Å²) in [4.78, 5) is 0. The summed E-state index contributed by atoms with van der Waals surface area (Å²) in [6.45, 7) is 0. The van der Waals surface area contributed by atoms with E-state index in [0.717, 1.165) is 16.3 Å². The first-order valence-electron chi connectivity index (χ1n) is 5.22. The summed E-state index contributed by atoms with van der Waals surface area (Å²) in [5.41, 5.74) is 0.921. The summed E-state index contributed by atoms with van der Waals surface area (Å²) in [5, 5.41) is 2.79. The molecule has 2 aromatic carbocycles. The van der Waals surface area contributed by atoms with E-state index in [0.29, 0.717) is 5.02 Å². The van der Waals surface area contributed by atoms with E-state index in [2.05, 4.69) is 0 Å². The van der Waals surface area contributed by atoms with Gasteiger partial charge in [0.2, 0.25) is 9.05 Å². The van der Waals surface area contributed by atoms with E-state index >= 15 is 0 Å². The lowest BCUT2D eigenvalue weighted by molar-refractivity contribution is 0.612. The van der Waals surface area contributed by atoms with Crippen LogP contribution in [0.4, 0.5) is 0 Å². The van der Waals surface area contributed by atoms with Gasteiger partial charge in [-0.1, -0.05) is 42.0 Å². The SMILES string of the molecule is O=S(=O)(Cl)CC=Cc1ccc2cc(Cl)ccc2c1. The third-order valence-electron chi connectivity index (χ3n) is 2.43. The van der Waals surface area contributed by atoms with Crippen molar-refractivity contribution in [3.8, 4) is 0 Å². The lowest BCUT2D eigenvalue weighted by Crippen LogP contribution is -1.91. The Balaban J connectivity index is 2.28. The van der Waals surface area contributed by atoms with Crippen molar-refractivity contribution >= 4 is 48.2 Å². The average Bonchev–Trinajstić information content (AvgIpc) is 2.27. The third-order valence-corrected chi connectivity index (χ3v) is 3.64. The molecule has 0 atom stereocenters. The molecule has 18 heavy (non-hydrogen) atoms. The molecule has 0 aliphatic carbocycles. The number of hydrogen-bond donors (Lipinski definition) is 0. The molecule has 0 spiro atoms. The zero-order valence-corrected chi connectivity index (χ0v) is 11.6. The van der Waals surface area contributed by atoms with Gasteiger partial charge >= 0.3 is 0 Å². The molecule has 0 aliphatic rings. The predicted octanol–water partition coefficient (Wildman–Crippen LogP) is 4.08. The summed E-state index contributed by atoms with van der Waals surface area (Å²) < 4.78 is 21.5. The third kappa shape index (κ3) is 3.73. The molecular formula is C13H10Cl2O2S. The first-order valence-corrected chi connectivity index (χ1v) is 8.08. The molecule has 2 rings (SSSR count). The minimum Gasteiger partial charge on any atom is -0.212 e. The topological polar surface area (TPSA) is 34.1 Å². The largest absolute Gasteiger partial charge is 0.236 e. The second kappa shape index (κ2) is 5.31. The molecule has 0 saturated heterocycles. The highest BCUT2D eigenvalue weighted by Crippen LogP contribution is 2.21. The molecule has 0 aromatic heterocycles. The fourth-order valence-corrected chi connectivity index (χ4v) is 2.36. The number of hydrogen-bond acceptors (Lipinski definition) is 2. The Hall–Kier alpha value is -1.03. The van der Waals surface area contributed by atoms with Gasteiger partial charge < -0.3 is 0 Å². The Kier molecular flexibility index (Phi) is 3.95. The molecular weight excluding hydrogens is 291 g/mol. The maximum absolute atomic E-state index is 10.8. The molecule has 0 aliphatic heterocycles. The first kappa shape index (κ1) is 13.4. The molecule has 94 valence electrons. The van der Waals surface area contributed by atoms with E-state index in [4.69, 9.17) is 22.3 Å². The molecule has 0 radical (unpaired) electrons. The average molecular weight is 301 g/mol. The number of halogens is 2. The second-order valence-electron chi connectivity index (χ2n) is 3.86. The van der Waals surface area contributed by atoms with E-state index in [1.807, 2.05) is 36.4 Å². The van der Waals surface area contributed by atoms with Gasteiger partial charge in [-0.2, -0.15) is 0 Å². The van der Waals surface area contributed by atoms with Gasteiger partial charge in [0.15, 0.2) is 0 Å². The second-order valence-corrected chi connectivity index (χ2v) is 7.12. The van der Waals surface area contributed by atoms with Crippen LogP contribution >= 0.6 is 22.3 Å². The van der Waals surface area contributed by atoms with Crippen LogP contribution in [0.5, 0.6) is 0 Å². The normalized spacial score (nSPS) is 12.3. The molecule has 2 nitrogen and oxygen atoms in total. The van der Waals surface area contributed by atoms with Crippen molar-refractivity contribution in [2.24, 2.45) is 0 Å². The van der Waals surface area contributed by atoms with Crippen molar-refractivity contribution in [3.05, 3.63) is 53.1 Å². The maximum atomic E-state index is 10.8. The Labute approximate surface area is 115 Å². The van der Waals surface area contributed by atoms with Crippen LogP contribution in [0.25, 0.3) is 16.8 Å². The van der Waals surface area contributed by atoms with Crippen molar-refractivity contribution in [2.45, 2.75) is 0 Å². The zero-order chi connectivity index (χ0) is 13.2. The summed E-state index contributed by atoms with van der Waals surface area (Å²) >= 11 is 5.90. The van der Waals surface area contributed by atoms with Gasteiger partial charge in [0, 0.05) is 15.7 Å².